The van der Waals surface area contributed by atoms with Gasteiger partial charge in [-0.3, -0.25) is 0 Å². The van der Waals surface area contributed by atoms with Crippen molar-refractivity contribution in [2.75, 3.05) is 0 Å². The Labute approximate surface area is 258 Å². The van der Waals surface area contributed by atoms with Gasteiger partial charge in [-0.25, -0.2) is 0 Å². The van der Waals surface area contributed by atoms with E-state index in [1.165, 1.54) is 87.7 Å². The summed E-state index contributed by atoms with van der Waals surface area (Å²) >= 11 is 7.84. The van der Waals surface area contributed by atoms with Gasteiger partial charge in [0.05, 0.1) is 9.40 Å². The summed E-state index contributed by atoms with van der Waals surface area (Å²) in [7, 11) is 0. The molecule has 0 amide bonds. The fraction of sp³-hybridized carbons (Fsp3) is 0.0526. The number of rotatable bonds is 2. The van der Waals surface area contributed by atoms with Crippen LogP contribution in [0.5, 0.6) is 0 Å². The Balaban J connectivity index is 1.10. The Morgan fingerprint density at radius 3 is 1.86 bits per heavy atom. The standard InChI is InChI=1S/C38H22S4/c1-3-7-21(8-4-1)31-19-27-11-23-13-29-35(17-25(23)15-33(27)39-31)41-38-30-14-24-12-28-20-32(22-9-5-2-6-10-22)40-34(28)16-26(24)18-36(30)42-37(29)38/h1-19,32H,20H2. The average Bonchev–Trinajstić information content (AvgIpc) is 3.79. The molecule has 10 rings (SSSR count). The molecule has 1 aliphatic rings. The minimum atomic E-state index is 0.516. The fourth-order valence-corrected chi connectivity index (χ4v) is 11.8. The maximum Gasteiger partial charge on any atom is 0.0542 e. The van der Waals surface area contributed by atoms with Gasteiger partial charge in [-0.15, -0.1) is 45.8 Å². The minimum absolute atomic E-state index is 0.516. The summed E-state index contributed by atoms with van der Waals surface area (Å²) in [6.45, 7) is 0. The van der Waals surface area contributed by atoms with Crippen molar-refractivity contribution in [3.63, 3.8) is 0 Å². The molecule has 3 aromatic heterocycles. The van der Waals surface area contributed by atoms with Crippen LogP contribution in [0.4, 0.5) is 0 Å². The Morgan fingerprint density at radius 1 is 0.500 bits per heavy atom. The summed E-state index contributed by atoms with van der Waals surface area (Å²) in [5, 5.41) is 10.0. The highest BCUT2D eigenvalue weighted by molar-refractivity contribution is 7.99. The molecule has 1 atom stereocenters. The Bertz CT molecular complexity index is 2510. The molecule has 0 aliphatic carbocycles. The van der Waals surface area contributed by atoms with Crippen LogP contribution in [-0.4, -0.2) is 0 Å². The second kappa shape index (κ2) is 8.92. The van der Waals surface area contributed by atoms with Crippen LogP contribution in [0.15, 0.2) is 120 Å². The summed E-state index contributed by atoms with van der Waals surface area (Å²) in [5.41, 5.74) is 4.22. The number of hydrogen-bond donors (Lipinski definition) is 0. The van der Waals surface area contributed by atoms with E-state index >= 15 is 0 Å². The molecule has 4 heteroatoms. The molecule has 6 aromatic carbocycles. The van der Waals surface area contributed by atoms with Gasteiger partial charge in [-0.2, -0.15) is 0 Å². The molecular formula is C38H22S4. The summed E-state index contributed by atoms with van der Waals surface area (Å²) in [4.78, 5) is 2.78. The number of hydrogen-bond acceptors (Lipinski definition) is 4. The zero-order valence-electron chi connectivity index (χ0n) is 22.4. The van der Waals surface area contributed by atoms with Gasteiger partial charge >= 0.3 is 0 Å². The third-order valence-corrected chi connectivity index (χ3v) is 13.7. The lowest BCUT2D eigenvalue weighted by Gasteiger charge is -2.07. The first-order chi connectivity index (χ1) is 20.7. The van der Waals surface area contributed by atoms with E-state index in [9.17, 15) is 0 Å². The molecule has 0 N–H and O–H groups in total. The fourth-order valence-electron chi connectivity index (χ4n) is 6.62. The van der Waals surface area contributed by atoms with Crippen molar-refractivity contribution in [2.24, 2.45) is 0 Å². The molecule has 42 heavy (non-hydrogen) atoms. The highest BCUT2D eigenvalue weighted by Crippen LogP contribution is 2.50. The number of fused-ring (bicyclic) bond motifs is 9. The van der Waals surface area contributed by atoms with Crippen LogP contribution < -0.4 is 0 Å². The van der Waals surface area contributed by atoms with E-state index in [0.29, 0.717) is 5.25 Å². The first kappa shape index (κ1) is 23.8. The van der Waals surface area contributed by atoms with E-state index in [1.807, 2.05) is 45.8 Å². The van der Waals surface area contributed by atoms with Crippen LogP contribution in [0.25, 0.3) is 71.6 Å². The summed E-state index contributed by atoms with van der Waals surface area (Å²) in [5.74, 6) is 0. The van der Waals surface area contributed by atoms with E-state index in [4.69, 9.17) is 0 Å². The van der Waals surface area contributed by atoms with E-state index in [1.54, 1.807) is 0 Å². The van der Waals surface area contributed by atoms with Gasteiger partial charge in [0.2, 0.25) is 0 Å². The molecule has 1 unspecified atom stereocenters. The SMILES string of the molecule is c1ccc(-c2cc3cc4cc5c(cc4cc3s2)sc2c3cc4cc6c(cc4cc3sc52)SC(c2ccccc2)C6)cc1. The normalized spacial score (nSPS) is 15.2. The van der Waals surface area contributed by atoms with Crippen LogP contribution in [0.1, 0.15) is 16.4 Å². The van der Waals surface area contributed by atoms with Crippen LogP contribution >= 0.6 is 45.8 Å². The molecule has 0 saturated heterocycles. The first-order valence-corrected chi connectivity index (χ1v) is 17.6. The van der Waals surface area contributed by atoms with E-state index < -0.39 is 0 Å². The minimum Gasteiger partial charge on any atom is -0.135 e. The lowest BCUT2D eigenvalue weighted by Crippen LogP contribution is -1.91. The molecule has 198 valence electrons. The highest BCUT2D eigenvalue weighted by atomic mass is 32.2. The molecule has 0 saturated carbocycles. The van der Waals surface area contributed by atoms with E-state index in [2.05, 4.69) is 115 Å². The second-order valence-corrected chi connectivity index (χ2v) is 15.7. The zero-order valence-corrected chi connectivity index (χ0v) is 25.7. The topological polar surface area (TPSA) is 0 Å². The maximum atomic E-state index is 2.46. The summed E-state index contributed by atoms with van der Waals surface area (Å²) < 4.78 is 7.02. The van der Waals surface area contributed by atoms with Crippen LogP contribution in [0.3, 0.4) is 0 Å². The van der Waals surface area contributed by atoms with Gasteiger partial charge in [-0.1, -0.05) is 60.7 Å². The molecule has 0 bridgehead atoms. The molecule has 1 aliphatic heterocycles. The molecular weight excluding hydrogens is 585 g/mol. The Kier molecular flexibility index (Phi) is 5.06. The third-order valence-electron chi connectivity index (χ3n) is 8.72. The van der Waals surface area contributed by atoms with Gasteiger partial charge in [0.15, 0.2) is 0 Å². The quantitative estimate of drug-likeness (QED) is 0.189. The summed E-state index contributed by atoms with van der Waals surface area (Å²) in [6, 6.07) is 43.5. The predicted molar refractivity (Wildman–Crippen MR) is 189 cm³/mol. The van der Waals surface area contributed by atoms with Gasteiger partial charge in [0.1, 0.15) is 0 Å². The van der Waals surface area contributed by atoms with E-state index in [-0.39, 0.29) is 0 Å². The predicted octanol–water partition coefficient (Wildman–Crippen LogP) is 12.8. The van der Waals surface area contributed by atoms with E-state index in [0.717, 1.165) is 6.42 Å². The van der Waals surface area contributed by atoms with Crippen molar-refractivity contribution in [1.29, 1.82) is 0 Å². The Hall–Kier alpha value is -3.67. The Morgan fingerprint density at radius 2 is 1.12 bits per heavy atom. The largest absolute Gasteiger partial charge is 0.135 e. The van der Waals surface area contributed by atoms with Crippen molar-refractivity contribution in [1.82, 2.24) is 0 Å². The number of thioether (sulfide) groups is 1. The monoisotopic (exact) mass is 606 g/mol. The van der Waals surface area contributed by atoms with Crippen LogP contribution in [-0.2, 0) is 6.42 Å². The van der Waals surface area contributed by atoms with Crippen molar-refractivity contribution in [2.45, 2.75) is 16.6 Å². The lowest BCUT2D eigenvalue weighted by molar-refractivity contribution is 0.952. The van der Waals surface area contributed by atoms with Crippen molar-refractivity contribution in [3.05, 3.63) is 126 Å². The number of benzene rings is 6. The molecule has 9 aromatic rings. The third kappa shape index (κ3) is 3.59. The summed E-state index contributed by atoms with van der Waals surface area (Å²) in [6.07, 6.45) is 1.11. The van der Waals surface area contributed by atoms with Gasteiger partial charge in [-0.05, 0) is 105 Å². The molecule has 0 fully saturated rings. The van der Waals surface area contributed by atoms with Crippen molar-refractivity contribution in [3.8, 4) is 10.4 Å². The second-order valence-electron chi connectivity index (χ2n) is 11.3. The van der Waals surface area contributed by atoms with Gasteiger partial charge < -0.3 is 0 Å². The van der Waals surface area contributed by atoms with Crippen LogP contribution in [0, 0.1) is 0 Å². The first-order valence-electron chi connectivity index (χ1n) is 14.2. The van der Waals surface area contributed by atoms with Crippen LogP contribution in [0.2, 0.25) is 0 Å². The number of thiophene rings is 3. The van der Waals surface area contributed by atoms with Crippen molar-refractivity contribution >= 4 is 107 Å². The van der Waals surface area contributed by atoms with Gasteiger partial charge in [0, 0.05) is 39.9 Å². The lowest BCUT2D eigenvalue weighted by atomic mass is 10.0. The molecule has 0 radical (unpaired) electrons. The van der Waals surface area contributed by atoms with Gasteiger partial charge in [0.25, 0.3) is 0 Å². The zero-order chi connectivity index (χ0) is 27.4. The van der Waals surface area contributed by atoms with Crippen molar-refractivity contribution < 1.29 is 0 Å². The molecule has 4 heterocycles. The molecule has 0 spiro atoms. The highest BCUT2D eigenvalue weighted by Gasteiger charge is 2.24. The smallest absolute Gasteiger partial charge is 0.0542 e. The average molecular weight is 607 g/mol. The molecule has 0 nitrogen and oxygen atoms in total. The maximum absolute atomic E-state index is 2.46.